The van der Waals surface area contributed by atoms with Crippen LogP contribution < -0.4 is 10.6 Å². The minimum atomic E-state index is -0.00560. The fourth-order valence-electron chi connectivity index (χ4n) is 3.01. The predicted molar refractivity (Wildman–Crippen MR) is 106 cm³/mol. The van der Waals surface area contributed by atoms with Crippen LogP contribution in [0.3, 0.4) is 0 Å². The molecule has 2 N–H and O–H groups in total. The molecule has 0 aliphatic heterocycles. The Bertz CT molecular complexity index is 611. The van der Waals surface area contributed by atoms with Crippen molar-refractivity contribution < 1.29 is 9.59 Å². The van der Waals surface area contributed by atoms with Gasteiger partial charge in [0.25, 0.3) is 0 Å². The molecule has 144 valence electrons. The first-order valence-corrected chi connectivity index (χ1v) is 9.87. The molecule has 0 bridgehead atoms. The van der Waals surface area contributed by atoms with E-state index in [1.807, 2.05) is 32.0 Å². The highest BCUT2D eigenvalue weighted by Gasteiger charge is 2.30. The number of carbonyl (C=O) groups is 2. The van der Waals surface area contributed by atoms with Crippen LogP contribution in [0.4, 0.5) is 5.69 Å². The highest BCUT2D eigenvalue weighted by atomic mass is 16.2. The first-order chi connectivity index (χ1) is 12.5. The van der Waals surface area contributed by atoms with Crippen molar-refractivity contribution >= 4 is 17.5 Å². The number of nitrogens with one attached hydrogen (secondary N) is 2. The Morgan fingerprint density at radius 2 is 1.92 bits per heavy atom. The van der Waals surface area contributed by atoms with Crippen molar-refractivity contribution in [2.24, 2.45) is 0 Å². The van der Waals surface area contributed by atoms with E-state index in [9.17, 15) is 9.59 Å². The van der Waals surface area contributed by atoms with E-state index in [2.05, 4.69) is 22.5 Å². The lowest BCUT2D eigenvalue weighted by Gasteiger charge is -2.21. The highest BCUT2D eigenvalue weighted by molar-refractivity contribution is 5.93. The number of anilines is 1. The van der Waals surface area contributed by atoms with E-state index in [-0.39, 0.29) is 11.8 Å². The van der Waals surface area contributed by atoms with Gasteiger partial charge in [-0.2, -0.15) is 0 Å². The van der Waals surface area contributed by atoms with Crippen molar-refractivity contribution in [3.8, 4) is 0 Å². The molecule has 2 rings (SSSR count). The smallest absolute Gasteiger partial charge is 0.238 e. The summed E-state index contributed by atoms with van der Waals surface area (Å²) >= 11 is 0. The number of carbonyl (C=O) groups excluding carboxylic acids is 2. The summed E-state index contributed by atoms with van der Waals surface area (Å²) in [5.74, 6) is 0.0793. The lowest BCUT2D eigenvalue weighted by Crippen LogP contribution is -2.38. The van der Waals surface area contributed by atoms with Gasteiger partial charge in [0.2, 0.25) is 11.8 Å². The van der Waals surface area contributed by atoms with Gasteiger partial charge in [-0.05, 0) is 50.3 Å². The molecule has 2 amide bonds. The summed E-state index contributed by atoms with van der Waals surface area (Å²) in [6, 6.07) is 6.51. The molecule has 0 heterocycles. The maximum Gasteiger partial charge on any atom is 0.238 e. The number of aryl methyl sites for hydroxylation is 2. The Kier molecular flexibility index (Phi) is 8.10. The topological polar surface area (TPSA) is 61.4 Å². The normalized spacial score (nSPS) is 13.7. The molecule has 0 spiro atoms. The number of hydrogen-bond acceptors (Lipinski definition) is 3. The third-order valence-corrected chi connectivity index (χ3v) is 4.81. The highest BCUT2D eigenvalue weighted by Crippen LogP contribution is 2.27. The summed E-state index contributed by atoms with van der Waals surface area (Å²) in [5, 5.41) is 5.99. The average Bonchev–Trinajstić information content (AvgIpc) is 3.43. The maximum atomic E-state index is 12.5. The van der Waals surface area contributed by atoms with Gasteiger partial charge in [-0.1, -0.05) is 31.9 Å². The largest absolute Gasteiger partial charge is 0.356 e. The molecule has 1 aromatic carbocycles. The van der Waals surface area contributed by atoms with E-state index < -0.39 is 0 Å². The Balaban J connectivity index is 1.77. The van der Waals surface area contributed by atoms with Crippen LogP contribution in [0.5, 0.6) is 0 Å². The average molecular weight is 360 g/mol. The van der Waals surface area contributed by atoms with Gasteiger partial charge in [0, 0.05) is 31.2 Å². The van der Waals surface area contributed by atoms with Crippen LogP contribution in [0, 0.1) is 13.8 Å². The lowest BCUT2D eigenvalue weighted by molar-refractivity contribution is -0.122. The van der Waals surface area contributed by atoms with Gasteiger partial charge in [0.1, 0.15) is 0 Å². The number of rotatable bonds is 11. The number of hydrogen-bond donors (Lipinski definition) is 2. The van der Waals surface area contributed by atoms with Crippen LogP contribution in [0.2, 0.25) is 0 Å². The molecular formula is C21H33N3O2. The second-order valence-electron chi connectivity index (χ2n) is 7.38. The van der Waals surface area contributed by atoms with Crippen LogP contribution >= 0.6 is 0 Å². The zero-order chi connectivity index (χ0) is 18.9. The molecule has 5 heteroatoms. The molecule has 5 nitrogen and oxygen atoms in total. The van der Waals surface area contributed by atoms with Crippen molar-refractivity contribution in [1.82, 2.24) is 10.2 Å². The minimum absolute atomic E-state index is 0.00560. The molecule has 1 aromatic rings. The maximum absolute atomic E-state index is 12.5. The number of benzene rings is 1. The summed E-state index contributed by atoms with van der Waals surface area (Å²) < 4.78 is 0. The van der Waals surface area contributed by atoms with E-state index >= 15 is 0 Å². The van der Waals surface area contributed by atoms with Crippen LogP contribution in [-0.4, -0.2) is 42.4 Å². The molecule has 0 unspecified atom stereocenters. The van der Waals surface area contributed by atoms with Gasteiger partial charge < -0.3 is 10.6 Å². The van der Waals surface area contributed by atoms with E-state index in [0.29, 0.717) is 25.6 Å². The Hall–Kier alpha value is -1.88. The molecule has 1 fully saturated rings. The number of nitrogens with zero attached hydrogens (tertiary/aromatic N) is 1. The fourth-order valence-corrected chi connectivity index (χ4v) is 3.01. The summed E-state index contributed by atoms with van der Waals surface area (Å²) in [6.07, 6.45) is 6.03. The van der Waals surface area contributed by atoms with Gasteiger partial charge in [0.05, 0.1) is 6.54 Å². The quantitative estimate of drug-likeness (QED) is 0.595. The molecule has 1 saturated carbocycles. The second-order valence-corrected chi connectivity index (χ2v) is 7.38. The van der Waals surface area contributed by atoms with Gasteiger partial charge in [-0.25, -0.2) is 0 Å². The third-order valence-electron chi connectivity index (χ3n) is 4.81. The van der Waals surface area contributed by atoms with E-state index in [1.54, 1.807) is 0 Å². The molecule has 26 heavy (non-hydrogen) atoms. The van der Waals surface area contributed by atoms with Gasteiger partial charge >= 0.3 is 0 Å². The SMILES string of the molecule is CCCCCNC(=O)CCN(CC(=O)Nc1cc(C)ccc1C)C1CC1. The van der Waals surface area contributed by atoms with Crippen LogP contribution in [0.25, 0.3) is 0 Å². The van der Waals surface area contributed by atoms with Crippen LogP contribution in [-0.2, 0) is 9.59 Å². The second kappa shape index (κ2) is 10.3. The molecule has 0 saturated heterocycles. The first kappa shape index (κ1) is 20.4. The van der Waals surface area contributed by atoms with E-state index in [4.69, 9.17) is 0 Å². The van der Waals surface area contributed by atoms with Gasteiger partial charge in [-0.3, -0.25) is 14.5 Å². The molecular weight excluding hydrogens is 326 g/mol. The summed E-state index contributed by atoms with van der Waals surface area (Å²) in [6.45, 7) is 7.91. The minimum Gasteiger partial charge on any atom is -0.356 e. The molecule has 0 aromatic heterocycles. The molecule has 1 aliphatic rings. The lowest BCUT2D eigenvalue weighted by atomic mass is 10.1. The predicted octanol–water partition coefficient (Wildman–Crippen LogP) is 3.40. The summed E-state index contributed by atoms with van der Waals surface area (Å²) in [4.78, 5) is 26.6. The Morgan fingerprint density at radius 3 is 2.62 bits per heavy atom. The van der Waals surface area contributed by atoms with Crippen molar-refractivity contribution in [2.75, 3.05) is 25.0 Å². The van der Waals surface area contributed by atoms with Crippen molar-refractivity contribution in [3.05, 3.63) is 29.3 Å². The number of unbranched alkanes of at least 4 members (excludes halogenated alkanes) is 2. The summed E-state index contributed by atoms with van der Waals surface area (Å²) in [7, 11) is 0. The van der Waals surface area contributed by atoms with Gasteiger partial charge in [0.15, 0.2) is 0 Å². The molecule has 0 radical (unpaired) electrons. The summed E-state index contributed by atoms with van der Waals surface area (Å²) in [5.41, 5.74) is 3.07. The van der Waals surface area contributed by atoms with Crippen molar-refractivity contribution in [3.63, 3.8) is 0 Å². The zero-order valence-corrected chi connectivity index (χ0v) is 16.4. The van der Waals surface area contributed by atoms with Crippen LogP contribution in [0.1, 0.15) is 56.6 Å². The van der Waals surface area contributed by atoms with Crippen LogP contribution in [0.15, 0.2) is 18.2 Å². The van der Waals surface area contributed by atoms with Crippen molar-refractivity contribution in [1.29, 1.82) is 0 Å². The zero-order valence-electron chi connectivity index (χ0n) is 16.4. The monoisotopic (exact) mass is 359 g/mol. The molecule has 0 atom stereocenters. The Morgan fingerprint density at radius 1 is 1.15 bits per heavy atom. The standard InChI is InChI=1S/C21H33N3O2/c1-4-5-6-12-22-20(25)11-13-24(18-9-10-18)15-21(26)23-19-14-16(2)7-8-17(19)3/h7-8,14,18H,4-6,9-13,15H2,1-3H3,(H,22,25)(H,23,26). The third kappa shape index (κ3) is 7.16. The first-order valence-electron chi connectivity index (χ1n) is 9.87. The van der Waals surface area contributed by atoms with Crippen molar-refractivity contribution in [2.45, 2.75) is 65.3 Å². The van der Waals surface area contributed by atoms with E-state index in [1.165, 1.54) is 0 Å². The fraction of sp³-hybridized carbons (Fsp3) is 0.619. The van der Waals surface area contributed by atoms with E-state index in [0.717, 1.165) is 55.5 Å². The van der Waals surface area contributed by atoms with Gasteiger partial charge in [-0.15, -0.1) is 0 Å². The molecule has 1 aliphatic carbocycles. The number of amides is 2. The Labute approximate surface area is 157 Å².